The van der Waals surface area contributed by atoms with Gasteiger partial charge in [-0.05, 0) is 6.07 Å². The highest BCUT2D eigenvalue weighted by molar-refractivity contribution is 5.69. The van der Waals surface area contributed by atoms with Crippen LogP contribution in [-0.4, -0.2) is 12.7 Å². The molecule has 0 unspecified atom stereocenters. The fourth-order valence-electron chi connectivity index (χ4n) is 1.95. The minimum Gasteiger partial charge on any atom is -0.449 e. The SMILES string of the molecule is CC1(C)COC(=O)N[C@@H]1c1ccc(F)c(F)c1F. The summed E-state index contributed by atoms with van der Waals surface area (Å²) in [6.45, 7) is 3.54. The number of cyclic esters (lactones) is 1. The second-order valence-corrected chi connectivity index (χ2v) is 4.91. The van der Waals surface area contributed by atoms with Crippen LogP contribution in [0.4, 0.5) is 18.0 Å². The molecule has 2 rings (SSSR count). The summed E-state index contributed by atoms with van der Waals surface area (Å²) in [4.78, 5) is 11.2. The molecule has 0 radical (unpaired) electrons. The standard InChI is InChI=1S/C12H12F3NO2/c1-12(2)5-18-11(17)16-10(12)6-3-4-7(13)9(15)8(6)14/h3-4,10H,5H2,1-2H3,(H,16,17)/t10-/m1/s1. The average molecular weight is 259 g/mol. The molecule has 1 aliphatic rings. The third-order valence-electron chi connectivity index (χ3n) is 2.99. The van der Waals surface area contributed by atoms with Crippen LogP contribution in [0.5, 0.6) is 0 Å². The summed E-state index contributed by atoms with van der Waals surface area (Å²) in [5.41, 5.74) is -0.713. The predicted molar refractivity (Wildman–Crippen MR) is 57.3 cm³/mol. The van der Waals surface area contributed by atoms with Crippen molar-refractivity contribution in [2.45, 2.75) is 19.9 Å². The van der Waals surface area contributed by atoms with E-state index in [0.717, 1.165) is 12.1 Å². The van der Waals surface area contributed by atoms with Crippen molar-refractivity contribution in [1.29, 1.82) is 0 Å². The van der Waals surface area contributed by atoms with Crippen LogP contribution >= 0.6 is 0 Å². The van der Waals surface area contributed by atoms with Gasteiger partial charge < -0.3 is 10.1 Å². The fraction of sp³-hybridized carbons (Fsp3) is 0.417. The van der Waals surface area contributed by atoms with E-state index in [2.05, 4.69) is 5.32 Å². The molecule has 1 amide bonds. The summed E-state index contributed by atoms with van der Waals surface area (Å²) in [7, 11) is 0. The third kappa shape index (κ3) is 2.02. The maximum absolute atomic E-state index is 13.7. The van der Waals surface area contributed by atoms with E-state index < -0.39 is 35.0 Å². The average Bonchev–Trinajstić information content (AvgIpc) is 2.30. The van der Waals surface area contributed by atoms with Gasteiger partial charge in [0.25, 0.3) is 0 Å². The Bertz CT molecular complexity index is 502. The fourth-order valence-corrected chi connectivity index (χ4v) is 1.95. The topological polar surface area (TPSA) is 38.3 Å². The zero-order valence-corrected chi connectivity index (χ0v) is 9.89. The normalized spacial score (nSPS) is 22.3. The van der Waals surface area contributed by atoms with Gasteiger partial charge in [-0.25, -0.2) is 18.0 Å². The number of rotatable bonds is 1. The first-order valence-corrected chi connectivity index (χ1v) is 5.39. The van der Waals surface area contributed by atoms with Gasteiger partial charge in [0, 0.05) is 11.0 Å². The Morgan fingerprint density at radius 2 is 1.94 bits per heavy atom. The second-order valence-electron chi connectivity index (χ2n) is 4.91. The van der Waals surface area contributed by atoms with E-state index in [1.807, 2.05) is 0 Å². The predicted octanol–water partition coefficient (Wildman–Crippen LogP) is 2.91. The van der Waals surface area contributed by atoms with Crippen LogP contribution in [0.25, 0.3) is 0 Å². The van der Waals surface area contributed by atoms with Gasteiger partial charge in [-0.15, -0.1) is 0 Å². The highest BCUT2D eigenvalue weighted by atomic mass is 19.2. The van der Waals surface area contributed by atoms with Gasteiger partial charge in [-0.1, -0.05) is 19.9 Å². The Kier molecular flexibility index (Phi) is 2.96. The van der Waals surface area contributed by atoms with Gasteiger partial charge >= 0.3 is 6.09 Å². The molecule has 0 spiro atoms. The van der Waals surface area contributed by atoms with E-state index in [9.17, 15) is 18.0 Å². The first-order chi connectivity index (χ1) is 8.33. The lowest BCUT2D eigenvalue weighted by Crippen LogP contribution is -2.47. The summed E-state index contributed by atoms with van der Waals surface area (Å²) in [6, 6.07) is 1.20. The van der Waals surface area contributed by atoms with Crippen molar-refractivity contribution in [2.75, 3.05) is 6.61 Å². The van der Waals surface area contributed by atoms with Crippen LogP contribution < -0.4 is 5.32 Å². The number of carbonyl (C=O) groups excluding carboxylic acids is 1. The molecule has 1 atom stereocenters. The van der Waals surface area contributed by atoms with E-state index in [0.29, 0.717) is 0 Å². The molecule has 1 fully saturated rings. The number of nitrogens with one attached hydrogen (secondary N) is 1. The van der Waals surface area contributed by atoms with Crippen LogP contribution in [0.15, 0.2) is 12.1 Å². The molecule has 18 heavy (non-hydrogen) atoms. The summed E-state index contributed by atoms with van der Waals surface area (Å²) < 4.78 is 44.6. The molecule has 0 bridgehead atoms. The minimum atomic E-state index is -1.54. The molecule has 1 heterocycles. The summed E-state index contributed by atoms with van der Waals surface area (Å²) in [5.74, 6) is -4.08. The molecule has 0 aliphatic carbocycles. The first-order valence-electron chi connectivity index (χ1n) is 5.39. The van der Waals surface area contributed by atoms with Crippen molar-refractivity contribution in [3.63, 3.8) is 0 Å². The van der Waals surface area contributed by atoms with E-state index >= 15 is 0 Å². The van der Waals surface area contributed by atoms with Crippen LogP contribution in [0.2, 0.25) is 0 Å². The summed E-state index contributed by atoms with van der Waals surface area (Å²) in [6.07, 6.45) is -0.705. The smallest absolute Gasteiger partial charge is 0.407 e. The maximum Gasteiger partial charge on any atom is 0.407 e. The maximum atomic E-state index is 13.7. The van der Waals surface area contributed by atoms with Crippen molar-refractivity contribution in [1.82, 2.24) is 5.32 Å². The van der Waals surface area contributed by atoms with Gasteiger partial charge in [0.1, 0.15) is 6.61 Å². The quantitative estimate of drug-likeness (QED) is 0.787. The van der Waals surface area contributed by atoms with Gasteiger partial charge in [-0.2, -0.15) is 0 Å². The Morgan fingerprint density at radius 3 is 2.61 bits per heavy atom. The molecule has 1 aromatic carbocycles. The molecule has 6 heteroatoms. The summed E-state index contributed by atoms with van der Waals surface area (Å²) >= 11 is 0. The molecule has 3 nitrogen and oxygen atoms in total. The lowest BCUT2D eigenvalue weighted by atomic mass is 9.80. The number of amides is 1. The highest BCUT2D eigenvalue weighted by Crippen LogP contribution is 2.38. The molecule has 1 saturated heterocycles. The number of ether oxygens (including phenoxy) is 1. The molecule has 1 aromatic rings. The number of carbonyl (C=O) groups is 1. The zero-order valence-electron chi connectivity index (χ0n) is 9.89. The van der Waals surface area contributed by atoms with E-state index in [1.54, 1.807) is 13.8 Å². The highest BCUT2D eigenvalue weighted by Gasteiger charge is 2.39. The Hall–Kier alpha value is -1.72. The molecular weight excluding hydrogens is 247 g/mol. The number of halogens is 3. The lowest BCUT2D eigenvalue weighted by molar-refractivity contribution is 0.0375. The number of benzene rings is 1. The lowest BCUT2D eigenvalue weighted by Gasteiger charge is -2.38. The van der Waals surface area contributed by atoms with Crippen molar-refractivity contribution in [2.24, 2.45) is 5.41 Å². The van der Waals surface area contributed by atoms with Gasteiger partial charge in [0.05, 0.1) is 6.04 Å². The first kappa shape index (κ1) is 12.7. The molecular formula is C12H12F3NO2. The molecule has 1 aliphatic heterocycles. The molecule has 0 saturated carbocycles. The van der Waals surface area contributed by atoms with Gasteiger partial charge in [-0.3, -0.25) is 0 Å². The van der Waals surface area contributed by atoms with Crippen molar-refractivity contribution >= 4 is 6.09 Å². The number of hydrogen-bond donors (Lipinski definition) is 1. The number of alkyl carbamates (subject to hydrolysis) is 1. The van der Waals surface area contributed by atoms with E-state index in [-0.39, 0.29) is 12.2 Å². The van der Waals surface area contributed by atoms with Gasteiger partial charge in [0.15, 0.2) is 17.5 Å². The van der Waals surface area contributed by atoms with Crippen LogP contribution in [0, 0.1) is 22.9 Å². The molecule has 1 N–H and O–H groups in total. The Labute approximate surface area is 102 Å². The van der Waals surface area contributed by atoms with E-state index in [4.69, 9.17) is 4.74 Å². The monoisotopic (exact) mass is 259 g/mol. The second kappa shape index (κ2) is 4.19. The molecule has 98 valence electrons. The minimum absolute atomic E-state index is 0.0714. The van der Waals surface area contributed by atoms with Crippen molar-refractivity contribution in [3.05, 3.63) is 35.1 Å². The van der Waals surface area contributed by atoms with E-state index in [1.165, 1.54) is 0 Å². The Balaban J connectivity index is 2.47. The summed E-state index contributed by atoms with van der Waals surface area (Å²) in [5, 5.41) is 2.42. The zero-order chi connectivity index (χ0) is 13.5. The van der Waals surface area contributed by atoms with Gasteiger partial charge in [0.2, 0.25) is 0 Å². The van der Waals surface area contributed by atoms with Crippen molar-refractivity contribution < 1.29 is 22.7 Å². The van der Waals surface area contributed by atoms with Crippen molar-refractivity contribution in [3.8, 4) is 0 Å². The van der Waals surface area contributed by atoms with Crippen LogP contribution in [0.1, 0.15) is 25.5 Å². The largest absolute Gasteiger partial charge is 0.449 e. The number of hydrogen-bond acceptors (Lipinski definition) is 2. The van der Waals surface area contributed by atoms with Crippen LogP contribution in [-0.2, 0) is 4.74 Å². The third-order valence-corrected chi connectivity index (χ3v) is 2.99. The Morgan fingerprint density at radius 1 is 1.28 bits per heavy atom. The van der Waals surface area contributed by atoms with Crippen LogP contribution in [0.3, 0.4) is 0 Å². The molecule has 0 aromatic heterocycles.